The molecule has 0 saturated carbocycles. The Bertz CT molecular complexity index is 734. The van der Waals surface area contributed by atoms with Crippen LogP contribution in [0.1, 0.15) is 15.9 Å². The molecule has 0 heterocycles. The van der Waals surface area contributed by atoms with E-state index in [0.717, 1.165) is 0 Å². The molecule has 0 saturated heterocycles. The van der Waals surface area contributed by atoms with E-state index in [2.05, 4.69) is 5.32 Å². The summed E-state index contributed by atoms with van der Waals surface area (Å²) >= 11 is 5.73. The molecule has 2 aromatic carbocycles. The van der Waals surface area contributed by atoms with Crippen molar-refractivity contribution < 1.29 is 14.1 Å². The van der Waals surface area contributed by atoms with Crippen LogP contribution < -0.4 is 5.32 Å². The van der Waals surface area contributed by atoms with Gasteiger partial charge in [-0.15, -0.1) is 0 Å². The Kier molecular flexibility index (Phi) is 4.18. The highest BCUT2D eigenvalue weighted by Crippen LogP contribution is 2.29. The molecule has 0 radical (unpaired) electrons. The van der Waals surface area contributed by atoms with E-state index in [4.69, 9.17) is 11.6 Å². The number of amides is 1. The van der Waals surface area contributed by atoms with Crippen molar-refractivity contribution in [3.63, 3.8) is 0 Å². The van der Waals surface area contributed by atoms with Crippen LogP contribution in [0.4, 0.5) is 15.8 Å². The van der Waals surface area contributed by atoms with Gasteiger partial charge in [-0.2, -0.15) is 0 Å². The number of aryl methyl sites for hydroxylation is 1. The molecule has 2 rings (SSSR count). The summed E-state index contributed by atoms with van der Waals surface area (Å²) in [5.41, 5.74) is -0.101. The molecule has 0 unspecified atom stereocenters. The molecule has 0 fully saturated rings. The topological polar surface area (TPSA) is 72.2 Å². The normalized spacial score (nSPS) is 10.2. The van der Waals surface area contributed by atoms with Crippen molar-refractivity contribution in [1.29, 1.82) is 0 Å². The minimum atomic E-state index is -0.799. The molecule has 0 aliphatic carbocycles. The smallest absolute Gasteiger partial charge is 0.300 e. The first-order valence-electron chi connectivity index (χ1n) is 5.90. The second-order valence-electron chi connectivity index (χ2n) is 4.33. The molecular weight excluding hydrogens is 299 g/mol. The van der Waals surface area contributed by atoms with E-state index in [1.165, 1.54) is 30.3 Å². The van der Waals surface area contributed by atoms with Gasteiger partial charge in [0.25, 0.3) is 5.91 Å². The molecule has 2 aromatic rings. The third kappa shape index (κ3) is 3.17. The van der Waals surface area contributed by atoms with Gasteiger partial charge in [0.2, 0.25) is 0 Å². The highest BCUT2D eigenvalue weighted by molar-refractivity contribution is 6.33. The SMILES string of the molecule is Cc1ccc(NC(=O)c2cccc(Cl)c2[N+](=O)[O-])c(F)c1. The molecule has 0 aliphatic rings. The molecule has 0 atom stereocenters. The van der Waals surface area contributed by atoms with Crippen LogP contribution in [0.15, 0.2) is 36.4 Å². The molecule has 0 aliphatic heterocycles. The lowest BCUT2D eigenvalue weighted by atomic mass is 10.1. The number of nitro benzene ring substituents is 1. The van der Waals surface area contributed by atoms with Crippen molar-refractivity contribution >= 4 is 28.9 Å². The molecule has 1 amide bonds. The number of hydrogen-bond acceptors (Lipinski definition) is 3. The van der Waals surface area contributed by atoms with Crippen LogP contribution in [0.3, 0.4) is 0 Å². The lowest BCUT2D eigenvalue weighted by Gasteiger charge is -2.08. The zero-order valence-electron chi connectivity index (χ0n) is 10.9. The monoisotopic (exact) mass is 308 g/mol. The summed E-state index contributed by atoms with van der Waals surface area (Å²) < 4.78 is 13.7. The summed E-state index contributed by atoms with van der Waals surface area (Å²) in [5.74, 6) is -1.42. The summed E-state index contributed by atoms with van der Waals surface area (Å²) in [6.45, 7) is 1.70. The van der Waals surface area contributed by atoms with E-state index >= 15 is 0 Å². The van der Waals surface area contributed by atoms with Gasteiger partial charge in [0.1, 0.15) is 16.4 Å². The lowest BCUT2D eigenvalue weighted by molar-refractivity contribution is -0.385. The van der Waals surface area contributed by atoms with Crippen LogP contribution in [-0.4, -0.2) is 10.8 Å². The number of benzene rings is 2. The standard InChI is InChI=1S/C14H10ClFN2O3/c1-8-5-6-12(11(16)7-8)17-14(19)9-3-2-4-10(15)13(9)18(20)21/h2-7H,1H3,(H,17,19). The summed E-state index contributed by atoms with van der Waals surface area (Å²) in [6, 6.07) is 8.23. The van der Waals surface area contributed by atoms with Crippen molar-refractivity contribution in [1.82, 2.24) is 0 Å². The first-order chi connectivity index (χ1) is 9.90. The van der Waals surface area contributed by atoms with Crippen molar-refractivity contribution in [3.8, 4) is 0 Å². The van der Waals surface area contributed by atoms with Gasteiger partial charge in [0.15, 0.2) is 0 Å². The average molecular weight is 309 g/mol. The lowest BCUT2D eigenvalue weighted by Crippen LogP contribution is -2.15. The van der Waals surface area contributed by atoms with Crippen LogP contribution in [0.5, 0.6) is 0 Å². The minimum absolute atomic E-state index is 0.0557. The maximum Gasteiger partial charge on any atom is 0.300 e. The Hall–Kier alpha value is -2.47. The first kappa shape index (κ1) is 14.9. The van der Waals surface area contributed by atoms with Gasteiger partial charge in [-0.1, -0.05) is 23.7 Å². The third-order valence-corrected chi connectivity index (χ3v) is 3.09. The Morgan fingerprint density at radius 2 is 2.05 bits per heavy atom. The molecule has 0 spiro atoms. The van der Waals surface area contributed by atoms with E-state index in [-0.39, 0.29) is 16.3 Å². The largest absolute Gasteiger partial charge is 0.319 e. The van der Waals surface area contributed by atoms with Crippen molar-refractivity contribution in [2.75, 3.05) is 5.32 Å². The fourth-order valence-corrected chi connectivity index (χ4v) is 2.04. The van der Waals surface area contributed by atoms with E-state index in [1.807, 2.05) is 0 Å². The summed E-state index contributed by atoms with van der Waals surface area (Å²) in [4.78, 5) is 22.3. The number of rotatable bonds is 3. The maximum atomic E-state index is 13.7. The second-order valence-corrected chi connectivity index (χ2v) is 4.74. The van der Waals surface area contributed by atoms with Crippen LogP contribution in [0, 0.1) is 22.9 Å². The Morgan fingerprint density at radius 1 is 1.33 bits per heavy atom. The summed E-state index contributed by atoms with van der Waals surface area (Å²) in [7, 11) is 0. The third-order valence-electron chi connectivity index (χ3n) is 2.79. The van der Waals surface area contributed by atoms with Gasteiger partial charge < -0.3 is 5.32 Å². The van der Waals surface area contributed by atoms with E-state index in [0.29, 0.717) is 5.56 Å². The first-order valence-corrected chi connectivity index (χ1v) is 6.28. The van der Waals surface area contributed by atoms with Gasteiger partial charge in [-0.25, -0.2) is 4.39 Å². The zero-order chi connectivity index (χ0) is 15.6. The number of hydrogen-bond donors (Lipinski definition) is 1. The Balaban J connectivity index is 2.37. The van der Waals surface area contributed by atoms with Gasteiger partial charge >= 0.3 is 5.69 Å². The molecule has 7 heteroatoms. The van der Waals surface area contributed by atoms with Crippen molar-refractivity contribution in [3.05, 3.63) is 68.5 Å². The minimum Gasteiger partial charge on any atom is -0.319 e. The number of nitrogens with zero attached hydrogens (tertiary/aromatic N) is 1. The number of anilines is 1. The molecule has 0 bridgehead atoms. The van der Waals surface area contributed by atoms with Crippen LogP contribution in [0.25, 0.3) is 0 Å². The summed E-state index contributed by atoms with van der Waals surface area (Å²) in [5, 5.41) is 13.1. The van der Waals surface area contributed by atoms with Crippen molar-refractivity contribution in [2.45, 2.75) is 6.92 Å². The van der Waals surface area contributed by atoms with E-state index < -0.39 is 22.3 Å². The molecule has 5 nitrogen and oxygen atoms in total. The van der Waals surface area contributed by atoms with Crippen LogP contribution >= 0.6 is 11.6 Å². The van der Waals surface area contributed by atoms with Crippen LogP contribution in [-0.2, 0) is 0 Å². The number of para-hydroxylation sites is 1. The molecular formula is C14H10ClFN2O3. The molecule has 108 valence electrons. The molecule has 21 heavy (non-hydrogen) atoms. The second kappa shape index (κ2) is 5.88. The van der Waals surface area contributed by atoms with Gasteiger partial charge in [-0.3, -0.25) is 14.9 Å². The molecule has 1 N–H and O–H groups in total. The number of nitro groups is 1. The van der Waals surface area contributed by atoms with Gasteiger partial charge in [0.05, 0.1) is 10.6 Å². The quantitative estimate of drug-likeness (QED) is 0.689. The predicted octanol–water partition coefficient (Wildman–Crippen LogP) is 3.95. The number of carbonyl (C=O) groups excluding carboxylic acids is 1. The van der Waals surface area contributed by atoms with E-state index in [1.54, 1.807) is 13.0 Å². The number of carbonyl (C=O) groups is 1. The highest BCUT2D eigenvalue weighted by Gasteiger charge is 2.24. The maximum absolute atomic E-state index is 13.7. The van der Waals surface area contributed by atoms with Crippen molar-refractivity contribution in [2.24, 2.45) is 0 Å². The fraction of sp³-hybridized carbons (Fsp3) is 0.0714. The van der Waals surface area contributed by atoms with Gasteiger partial charge in [0, 0.05) is 0 Å². The fourth-order valence-electron chi connectivity index (χ4n) is 1.80. The van der Waals surface area contributed by atoms with Crippen LogP contribution in [0.2, 0.25) is 5.02 Å². The Labute approximate surface area is 124 Å². The van der Waals surface area contributed by atoms with E-state index in [9.17, 15) is 19.3 Å². The predicted molar refractivity (Wildman–Crippen MR) is 77.2 cm³/mol. The van der Waals surface area contributed by atoms with Gasteiger partial charge in [-0.05, 0) is 36.8 Å². The average Bonchev–Trinajstić information content (AvgIpc) is 2.41. The molecule has 0 aromatic heterocycles. The number of halogens is 2. The summed E-state index contributed by atoms with van der Waals surface area (Å²) in [6.07, 6.45) is 0. The Morgan fingerprint density at radius 3 is 2.67 bits per heavy atom. The highest BCUT2D eigenvalue weighted by atomic mass is 35.5. The zero-order valence-corrected chi connectivity index (χ0v) is 11.6. The number of nitrogens with one attached hydrogen (secondary N) is 1.